The Morgan fingerprint density at radius 3 is 2.50 bits per heavy atom. The lowest BCUT2D eigenvalue weighted by Crippen LogP contribution is -2.45. The predicted molar refractivity (Wildman–Crippen MR) is 82.1 cm³/mol. The van der Waals surface area contributed by atoms with E-state index in [9.17, 15) is 0 Å². The summed E-state index contributed by atoms with van der Waals surface area (Å²) in [5.74, 6) is 1.51. The number of hydrogen-bond donors (Lipinski definition) is 1. The van der Waals surface area contributed by atoms with Crippen LogP contribution in [-0.4, -0.2) is 48.1 Å². The topological polar surface area (TPSA) is 58.3 Å². The van der Waals surface area contributed by atoms with Crippen molar-refractivity contribution in [3.63, 3.8) is 0 Å². The number of aromatic nitrogens is 2. The van der Waals surface area contributed by atoms with E-state index in [1.807, 2.05) is 0 Å². The molecule has 2 heterocycles. The zero-order valence-corrected chi connectivity index (χ0v) is 12.8. The average Bonchev–Trinajstić information content (AvgIpc) is 2.40. The second kappa shape index (κ2) is 4.88. The molecule has 2 N–H and O–H groups in total. The van der Waals surface area contributed by atoms with E-state index in [1.54, 1.807) is 0 Å². The van der Waals surface area contributed by atoms with Crippen molar-refractivity contribution in [3.8, 4) is 0 Å². The van der Waals surface area contributed by atoms with Gasteiger partial charge < -0.3 is 15.5 Å². The molecule has 110 valence electrons. The molecule has 1 aliphatic heterocycles. The first-order valence-corrected chi connectivity index (χ1v) is 7.58. The van der Waals surface area contributed by atoms with Gasteiger partial charge in [-0.05, 0) is 26.3 Å². The van der Waals surface area contributed by atoms with Gasteiger partial charge in [0, 0.05) is 37.2 Å². The number of nitrogen functional groups attached to an aromatic ring is 1. The van der Waals surface area contributed by atoms with Gasteiger partial charge in [0.05, 0.1) is 5.69 Å². The van der Waals surface area contributed by atoms with Crippen molar-refractivity contribution in [2.75, 3.05) is 43.9 Å². The van der Waals surface area contributed by atoms with Crippen LogP contribution in [0.1, 0.15) is 37.9 Å². The molecule has 1 fully saturated rings. The zero-order valence-electron chi connectivity index (χ0n) is 12.8. The second-order valence-electron chi connectivity index (χ2n) is 6.76. The van der Waals surface area contributed by atoms with Crippen molar-refractivity contribution in [2.45, 2.75) is 38.5 Å². The quantitative estimate of drug-likeness (QED) is 0.840. The second-order valence-corrected chi connectivity index (χ2v) is 6.76. The van der Waals surface area contributed by atoms with E-state index in [4.69, 9.17) is 5.73 Å². The molecule has 0 bridgehead atoms. The number of nitrogens with two attached hydrogens (primary N) is 1. The molecule has 2 aliphatic rings. The maximum Gasteiger partial charge on any atom is 0.222 e. The smallest absolute Gasteiger partial charge is 0.222 e. The van der Waals surface area contributed by atoms with Gasteiger partial charge in [0.15, 0.2) is 0 Å². The van der Waals surface area contributed by atoms with E-state index in [-0.39, 0.29) is 5.41 Å². The third-order valence-electron chi connectivity index (χ3n) is 4.67. The van der Waals surface area contributed by atoms with E-state index in [0.29, 0.717) is 5.95 Å². The summed E-state index contributed by atoms with van der Waals surface area (Å²) in [7, 11) is 2.17. The molecule has 20 heavy (non-hydrogen) atoms. The monoisotopic (exact) mass is 275 g/mol. The largest absolute Gasteiger partial charge is 0.368 e. The standard InChI is InChI=1S/C15H25N5/c1-15(2)6-4-5-11-12(15)17-14(16)18-13(11)20-9-7-19(3)8-10-20/h4-10H2,1-3H3,(H2,16,17,18). The molecule has 1 aromatic heterocycles. The Kier molecular flexibility index (Phi) is 3.32. The van der Waals surface area contributed by atoms with Crippen molar-refractivity contribution in [1.82, 2.24) is 14.9 Å². The number of nitrogens with zero attached hydrogens (tertiary/aromatic N) is 4. The Morgan fingerprint density at radius 2 is 1.80 bits per heavy atom. The number of piperazine rings is 1. The fourth-order valence-corrected chi connectivity index (χ4v) is 3.38. The first-order chi connectivity index (χ1) is 9.47. The summed E-state index contributed by atoms with van der Waals surface area (Å²) in [6.45, 7) is 8.76. The van der Waals surface area contributed by atoms with Gasteiger partial charge in [-0.15, -0.1) is 0 Å². The molecule has 5 heteroatoms. The molecule has 0 radical (unpaired) electrons. The van der Waals surface area contributed by atoms with Crippen LogP contribution in [0.5, 0.6) is 0 Å². The van der Waals surface area contributed by atoms with Crippen molar-refractivity contribution < 1.29 is 0 Å². The van der Waals surface area contributed by atoms with Crippen LogP contribution in [0.2, 0.25) is 0 Å². The maximum absolute atomic E-state index is 5.98. The molecule has 3 rings (SSSR count). The van der Waals surface area contributed by atoms with Gasteiger partial charge in [-0.2, -0.15) is 4.98 Å². The molecule has 5 nitrogen and oxygen atoms in total. The van der Waals surface area contributed by atoms with Gasteiger partial charge in [-0.25, -0.2) is 4.98 Å². The Balaban J connectivity index is 2.01. The molecule has 0 saturated carbocycles. The third kappa shape index (κ3) is 2.35. The molecule has 0 amide bonds. The highest BCUT2D eigenvalue weighted by atomic mass is 15.3. The highest BCUT2D eigenvalue weighted by Crippen LogP contribution is 2.39. The number of likely N-dealkylation sites (N-methyl/N-ethyl adjacent to an activating group) is 1. The van der Waals surface area contributed by atoms with Crippen LogP contribution in [0.25, 0.3) is 0 Å². The summed E-state index contributed by atoms with van der Waals surface area (Å²) in [6, 6.07) is 0. The lowest BCUT2D eigenvalue weighted by molar-refractivity contribution is 0.311. The van der Waals surface area contributed by atoms with Crippen LogP contribution in [0, 0.1) is 0 Å². The van der Waals surface area contributed by atoms with Gasteiger partial charge >= 0.3 is 0 Å². The van der Waals surface area contributed by atoms with Crippen molar-refractivity contribution in [2.24, 2.45) is 0 Å². The summed E-state index contributed by atoms with van der Waals surface area (Å²) in [5, 5.41) is 0. The fourth-order valence-electron chi connectivity index (χ4n) is 3.38. The van der Waals surface area contributed by atoms with Crippen molar-refractivity contribution >= 4 is 11.8 Å². The third-order valence-corrected chi connectivity index (χ3v) is 4.67. The van der Waals surface area contributed by atoms with Gasteiger partial charge in [-0.3, -0.25) is 0 Å². The van der Waals surface area contributed by atoms with E-state index >= 15 is 0 Å². The van der Waals surface area contributed by atoms with Crippen LogP contribution >= 0.6 is 0 Å². The molecular weight excluding hydrogens is 250 g/mol. The summed E-state index contributed by atoms with van der Waals surface area (Å²) in [4.78, 5) is 13.9. The molecule has 0 atom stereocenters. The summed E-state index contributed by atoms with van der Waals surface area (Å²) >= 11 is 0. The Labute approximate surface area is 121 Å². The SMILES string of the molecule is CN1CCN(c2nc(N)nc3c2CCCC3(C)C)CC1. The first-order valence-electron chi connectivity index (χ1n) is 7.58. The normalized spacial score (nSPS) is 22.6. The van der Waals surface area contributed by atoms with Crippen molar-refractivity contribution in [1.29, 1.82) is 0 Å². The minimum atomic E-state index is 0.117. The molecular formula is C15H25N5. The number of rotatable bonds is 1. The van der Waals surface area contributed by atoms with Gasteiger partial charge in [0.2, 0.25) is 5.95 Å². The van der Waals surface area contributed by atoms with Crippen LogP contribution in [0.3, 0.4) is 0 Å². The molecule has 0 spiro atoms. The van der Waals surface area contributed by atoms with E-state index < -0.39 is 0 Å². The highest BCUT2D eigenvalue weighted by Gasteiger charge is 2.33. The Hall–Kier alpha value is -1.36. The minimum absolute atomic E-state index is 0.117. The minimum Gasteiger partial charge on any atom is -0.368 e. The zero-order chi connectivity index (χ0) is 14.3. The molecule has 1 aromatic rings. The molecule has 0 unspecified atom stereocenters. The van der Waals surface area contributed by atoms with Crippen LogP contribution < -0.4 is 10.6 Å². The van der Waals surface area contributed by atoms with Gasteiger partial charge in [0.1, 0.15) is 5.82 Å². The Bertz CT molecular complexity index is 503. The lowest BCUT2D eigenvalue weighted by atomic mass is 9.76. The summed E-state index contributed by atoms with van der Waals surface area (Å²) in [6.07, 6.45) is 3.48. The van der Waals surface area contributed by atoms with E-state index in [1.165, 1.54) is 24.1 Å². The van der Waals surface area contributed by atoms with Crippen LogP contribution in [0.4, 0.5) is 11.8 Å². The van der Waals surface area contributed by atoms with Gasteiger partial charge in [0.25, 0.3) is 0 Å². The summed E-state index contributed by atoms with van der Waals surface area (Å²) in [5.41, 5.74) is 8.60. The number of hydrogen-bond acceptors (Lipinski definition) is 5. The highest BCUT2D eigenvalue weighted by molar-refractivity contribution is 5.54. The molecule has 1 aliphatic carbocycles. The van der Waals surface area contributed by atoms with E-state index in [0.717, 1.165) is 38.4 Å². The lowest BCUT2D eigenvalue weighted by Gasteiger charge is -2.37. The predicted octanol–water partition coefficient (Wildman–Crippen LogP) is 1.42. The van der Waals surface area contributed by atoms with Crippen molar-refractivity contribution in [3.05, 3.63) is 11.3 Å². The first kappa shape index (κ1) is 13.6. The van der Waals surface area contributed by atoms with Gasteiger partial charge in [-0.1, -0.05) is 13.8 Å². The molecule has 1 saturated heterocycles. The summed E-state index contributed by atoms with van der Waals surface area (Å²) < 4.78 is 0. The number of anilines is 2. The van der Waals surface area contributed by atoms with E-state index in [2.05, 4.69) is 40.7 Å². The Morgan fingerprint density at radius 1 is 1.10 bits per heavy atom. The number of fused-ring (bicyclic) bond motifs is 1. The average molecular weight is 275 g/mol. The molecule has 0 aromatic carbocycles. The maximum atomic E-state index is 5.98. The van der Waals surface area contributed by atoms with Crippen LogP contribution in [-0.2, 0) is 11.8 Å². The van der Waals surface area contributed by atoms with Crippen LogP contribution in [0.15, 0.2) is 0 Å². The fraction of sp³-hybridized carbons (Fsp3) is 0.733.